The highest BCUT2D eigenvalue weighted by atomic mass is 127. The number of nitrogens with zero attached hydrogens (tertiary/aromatic N) is 1. The maximum absolute atomic E-state index is 5.51. The molecule has 0 bridgehead atoms. The number of nitrogens with one attached hydrogen (secondary N) is 2. The number of rotatable bonds is 7. The Hall–Kier alpha value is -0.870. The van der Waals surface area contributed by atoms with Crippen molar-refractivity contribution in [3.05, 3.63) is 18.2 Å². The van der Waals surface area contributed by atoms with Gasteiger partial charge in [-0.3, -0.25) is 4.99 Å². The van der Waals surface area contributed by atoms with Crippen LogP contribution in [0.1, 0.15) is 19.8 Å². The lowest BCUT2D eigenvalue weighted by molar-refractivity contribution is 0.0794. The lowest BCUT2D eigenvalue weighted by Gasteiger charge is -2.34. The van der Waals surface area contributed by atoms with E-state index < -0.39 is 0 Å². The summed E-state index contributed by atoms with van der Waals surface area (Å²) in [6.45, 7) is 5.26. The number of anilines is 1. The van der Waals surface area contributed by atoms with E-state index in [4.69, 9.17) is 19.2 Å². The third-order valence-corrected chi connectivity index (χ3v) is 5.76. The number of thioether (sulfide) groups is 1. The van der Waals surface area contributed by atoms with E-state index in [1.165, 1.54) is 0 Å². The molecule has 1 saturated heterocycles. The molecule has 0 spiro atoms. The second-order valence-corrected chi connectivity index (χ2v) is 7.16. The molecule has 2 N–H and O–H groups in total. The summed E-state index contributed by atoms with van der Waals surface area (Å²) in [5.74, 6) is 2.17. The lowest BCUT2D eigenvalue weighted by Crippen LogP contribution is -2.38. The summed E-state index contributed by atoms with van der Waals surface area (Å²) >= 11 is 1.89. The Morgan fingerprint density at radius 3 is 2.50 bits per heavy atom. The van der Waals surface area contributed by atoms with Gasteiger partial charge in [-0.1, -0.05) is 0 Å². The Morgan fingerprint density at radius 2 is 1.92 bits per heavy atom. The van der Waals surface area contributed by atoms with Gasteiger partial charge in [0.05, 0.1) is 20.8 Å². The van der Waals surface area contributed by atoms with Crippen LogP contribution in [0.3, 0.4) is 0 Å². The summed E-state index contributed by atoms with van der Waals surface area (Å²) in [5, 5.41) is 6.65. The van der Waals surface area contributed by atoms with E-state index in [1.807, 2.05) is 30.0 Å². The van der Waals surface area contributed by atoms with Crippen LogP contribution in [-0.2, 0) is 4.74 Å². The fraction of sp³-hybridized carbons (Fsp3) is 0.611. The van der Waals surface area contributed by atoms with Gasteiger partial charge in [-0.2, -0.15) is 11.8 Å². The zero-order chi connectivity index (χ0) is 18.1. The monoisotopic (exact) mass is 495 g/mol. The Bertz CT molecular complexity index is 581. The second-order valence-electron chi connectivity index (χ2n) is 5.89. The number of halogens is 1. The molecule has 0 unspecified atom stereocenters. The van der Waals surface area contributed by atoms with Crippen LogP contribution in [0.5, 0.6) is 11.5 Å². The van der Waals surface area contributed by atoms with Gasteiger partial charge in [-0.15, -0.1) is 24.0 Å². The van der Waals surface area contributed by atoms with Gasteiger partial charge < -0.3 is 24.8 Å². The fourth-order valence-electron chi connectivity index (χ4n) is 2.75. The van der Waals surface area contributed by atoms with Gasteiger partial charge in [0.1, 0.15) is 0 Å². The van der Waals surface area contributed by atoms with Gasteiger partial charge in [-0.25, -0.2) is 0 Å². The van der Waals surface area contributed by atoms with Crippen LogP contribution in [0.2, 0.25) is 0 Å². The maximum Gasteiger partial charge on any atom is 0.195 e. The number of aliphatic imine (C=N–C) groups is 1. The van der Waals surface area contributed by atoms with Crippen LogP contribution in [0.25, 0.3) is 0 Å². The topological polar surface area (TPSA) is 64.1 Å². The molecule has 0 aliphatic carbocycles. The number of ether oxygens (including phenoxy) is 3. The summed E-state index contributed by atoms with van der Waals surface area (Å²) in [7, 11) is 3.26. The first kappa shape index (κ1) is 23.2. The van der Waals surface area contributed by atoms with E-state index in [2.05, 4.69) is 23.8 Å². The normalized spacial score (nSPS) is 16.4. The molecule has 0 aromatic heterocycles. The van der Waals surface area contributed by atoms with Crippen molar-refractivity contribution in [1.82, 2.24) is 5.32 Å². The number of guanidine groups is 1. The van der Waals surface area contributed by atoms with Crippen LogP contribution in [0.15, 0.2) is 23.2 Å². The number of methoxy groups -OCH3 is 2. The molecule has 26 heavy (non-hydrogen) atoms. The summed E-state index contributed by atoms with van der Waals surface area (Å²) in [6.07, 6.45) is 4.23. The van der Waals surface area contributed by atoms with Gasteiger partial charge in [0.2, 0.25) is 0 Å². The molecule has 0 atom stereocenters. The van der Waals surface area contributed by atoms with Crippen molar-refractivity contribution in [2.24, 2.45) is 4.99 Å². The van der Waals surface area contributed by atoms with Crippen LogP contribution in [0, 0.1) is 0 Å². The van der Waals surface area contributed by atoms with Gasteiger partial charge in [0.25, 0.3) is 0 Å². The van der Waals surface area contributed by atoms with E-state index >= 15 is 0 Å². The first-order valence-corrected chi connectivity index (χ1v) is 9.79. The zero-order valence-electron chi connectivity index (χ0n) is 16.0. The zero-order valence-corrected chi connectivity index (χ0v) is 19.1. The minimum Gasteiger partial charge on any atom is -0.493 e. The second kappa shape index (κ2) is 11.8. The first-order chi connectivity index (χ1) is 12.2. The van der Waals surface area contributed by atoms with Crippen molar-refractivity contribution >= 4 is 47.4 Å². The number of hydrogen-bond acceptors (Lipinski definition) is 5. The maximum atomic E-state index is 5.51. The Kier molecular flexibility index (Phi) is 10.5. The van der Waals surface area contributed by atoms with Gasteiger partial charge >= 0.3 is 0 Å². The summed E-state index contributed by atoms with van der Waals surface area (Å²) in [4.78, 5) is 4.82. The molecule has 0 radical (unpaired) electrons. The van der Waals surface area contributed by atoms with Crippen LogP contribution >= 0.6 is 35.7 Å². The van der Waals surface area contributed by atoms with Crippen molar-refractivity contribution in [2.75, 3.05) is 52.1 Å². The van der Waals surface area contributed by atoms with Crippen LogP contribution in [-0.4, -0.2) is 57.5 Å². The van der Waals surface area contributed by atoms with E-state index in [1.54, 1.807) is 14.2 Å². The molecule has 1 fully saturated rings. The van der Waals surface area contributed by atoms with Crippen molar-refractivity contribution in [1.29, 1.82) is 0 Å². The Morgan fingerprint density at radius 1 is 1.23 bits per heavy atom. The van der Waals surface area contributed by atoms with Crippen LogP contribution < -0.4 is 20.1 Å². The molecule has 2 rings (SSSR count). The summed E-state index contributed by atoms with van der Waals surface area (Å²) in [5.41, 5.74) is 0.905. The third-order valence-electron chi connectivity index (χ3n) is 4.35. The SMILES string of the molecule is CCNC(=NCC1(SC)CCOCC1)Nc1ccc(OC)c(OC)c1.I. The molecule has 8 heteroatoms. The number of hydrogen-bond donors (Lipinski definition) is 2. The quantitative estimate of drug-likeness (QED) is 0.343. The highest BCUT2D eigenvalue weighted by molar-refractivity contribution is 14.0. The molecular formula is C18H30IN3O3S. The minimum atomic E-state index is 0. The average Bonchev–Trinajstić information content (AvgIpc) is 2.67. The Balaban J connectivity index is 0.00000338. The lowest BCUT2D eigenvalue weighted by atomic mass is 9.99. The van der Waals surface area contributed by atoms with Crippen molar-refractivity contribution < 1.29 is 14.2 Å². The molecule has 148 valence electrons. The van der Waals surface area contributed by atoms with E-state index in [-0.39, 0.29) is 28.7 Å². The smallest absolute Gasteiger partial charge is 0.195 e. The summed E-state index contributed by atoms with van der Waals surface area (Å²) < 4.78 is 16.3. The average molecular weight is 495 g/mol. The first-order valence-electron chi connectivity index (χ1n) is 8.56. The molecule has 1 aliphatic rings. The largest absolute Gasteiger partial charge is 0.493 e. The molecule has 6 nitrogen and oxygen atoms in total. The van der Waals surface area contributed by atoms with Crippen molar-refractivity contribution in [3.8, 4) is 11.5 Å². The molecular weight excluding hydrogens is 465 g/mol. The van der Waals surface area contributed by atoms with Crippen LogP contribution in [0.4, 0.5) is 5.69 Å². The fourth-order valence-corrected chi connectivity index (χ4v) is 3.52. The van der Waals surface area contributed by atoms with E-state index in [9.17, 15) is 0 Å². The predicted molar refractivity (Wildman–Crippen MR) is 121 cm³/mol. The highest BCUT2D eigenvalue weighted by Gasteiger charge is 2.31. The highest BCUT2D eigenvalue weighted by Crippen LogP contribution is 2.34. The minimum absolute atomic E-state index is 0. The van der Waals surface area contributed by atoms with E-state index in [0.29, 0.717) is 11.5 Å². The van der Waals surface area contributed by atoms with Gasteiger partial charge in [-0.05, 0) is 38.2 Å². The predicted octanol–water partition coefficient (Wildman–Crippen LogP) is 3.61. The summed E-state index contributed by atoms with van der Waals surface area (Å²) in [6, 6.07) is 5.74. The molecule has 0 saturated carbocycles. The van der Waals surface area contributed by atoms with Gasteiger partial charge in [0, 0.05) is 36.3 Å². The number of benzene rings is 1. The molecule has 1 aromatic carbocycles. The molecule has 0 amide bonds. The van der Waals surface area contributed by atoms with E-state index in [0.717, 1.165) is 50.8 Å². The molecule has 1 heterocycles. The standard InChI is InChI=1S/C18H29N3O3S.HI/c1-5-19-17(20-13-18(25-4)8-10-24-11-9-18)21-14-6-7-15(22-2)16(12-14)23-3;/h6-7,12H,5,8-11,13H2,1-4H3,(H2,19,20,21);1H. The van der Waals surface area contributed by atoms with Crippen molar-refractivity contribution in [3.63, 3.8) is 0 Å². The molecule has 1 aliphatic heterocycles. The van der Waals surface area contributed by atoms with Crippen molar-refractivity contribution in [2.45, 2.75) is 24.5 Å². The van der Waals surface area contributed by atoms with Gasteiger partial charge in [0.15, 0.2) is 17.5 Å². The Labute approximate surface area is 177 Å². The third kappa shape index (κ3) is 6.38. The molecule has 1 aromatic rings.